The lowest BCUT2D eigenvalue weighted by atomic mass is 10.1. The lowest BCUT2D eigenvalue weighted by Crippen LogP contribution is -2.19. The van der Waals surface area contributed by atoms with Gasteiger partial charge < -0.3 is 19.9 Å². The summed E-state index contributed by atoms with van der Waals surface area (Å²) in [6.45, 7) is 3.47. The summed E-state index contributed by atoms with van der Waals surface area (Å²) in [5, 5.41) is 13.2. The summed E-state index contributed by atoms with van der Waals surface area (Å²) in [6, 6.07) is 8.14. The van der Waals surface area contributed by atoms with Crippen molar-refractivity contribution in [1.29, 1.82) is 0 Å². The maximum atomic E-state index is 5.09. The highest BCUT2D eigenvalue weighted by Crippen LogP contribution is 2.29. The van der Waals surface area contributed by atoms with Crippen molar-refractivity contribution in [3.05, 3.63) is 30.5 Å². The Morgan fingerprint density at radius 1 is 1.20 bits per heavy atom. The van der Waals surface area contributed by atoms with E-state index in [0.717, 1.165) is 47.0 Å². The number of methoxy groups -OCH3 is 1. The first kappa shape index (κ1) is 15.8. The lowest BCUT2D eigenvalue weighted by molar-refractivity contribution is 0.210. The van der Waals surface area contributed by atoms with Gasteiger partial charge in [-0.3, -0.25) is 0 Å². The molecule has 7 nitrogen and oxygen atoms in total. The number of aromatic amines is 1. The molecule has 25 heavy (non-hydrogen) atoms. The van der Waals surface area contributed by atoms with Crippen LogP contribution < -0.4 is 10.2 Å². The monoisotopic (exact) mass is 338 g/mol. The zero-order valence-electron chi connectivity index (χ0n) is 14.3. The van der Waals surface area contributed by atoms with Crippen LogP contribution in [0.25, 0.3) is 22.3 Å². The van der Waals surface area contributed by atoms with Gasteiger partial charge in [0.25, 0.3) is 0 Å². The van der Waals surface area contributed by atoms with Crippen molar-refractivity contribution in [3.8, 4) is 11.3 Å². The Balaban J connectivity index is 1.65. The summed E-state index contributed by atoms with van der Waals surface area (Å²) in [4.78, 5) is 10.1. The van der Waals surface area contributed by atoms with E-state index in [2.05, 4.69) is 36.4 Å². The second-order valence-electron chi connectivity index (χ2n) is 6.19. The first-order valence-corrected chi connectivity index (χ1v) is 8.65. The summed E-state index contributed by atoms with van der Waals surface area (Å²) < 4.78 is 5.09. The molecule has 2 N–H and O–H groups in total. The number of anilines is 2. The molecule has 0 unspecified atom stereocenters. The number of hydrogen-bond acceptors (Lipinski definition) is 6. The third-order valence-corrected chi connectivity index (χ3v) is 4.50. The molecular weight excluding hydrogens is 316 g/mol. The average Bonchev–Trinajstić information content (AvgIpc) is 3.33. The van der Waals surface area contributed by atoms with Gasteiger partial charge in [-0.1, -0.05) is 0 Å². The van der Waals surface area contributed by atoms with E-state index in [-0.39, 0.29) is 0 Å². The Hall–Kier alpha value is -2.67. The van der Waals surface area contributed by atoms with Crippen LogP contribution in [0.1, 0.15) is 12.8 Å². The Morgan fingerprint density at radius 2 is 2.08 bits per heavy atom. The highest BCUT2D eigenvalue weighted by molar-refractivity contribution is 5.93. The molecule has 0 radical (unpaired) electrons. The highest BCUT2D eigenvalue weighted by atomic mass is 16.5. The van der Waals surface area contributed by atoms with Gasteiger partial charge in [-0.25, -0.2) is 4.98 Å². The quantitative estimate of drug-likeness (QED) is 0.673. The van der Waals surface area contributed by atoms with E-state index in [9.17, 15) is 0 Å². The van der Waals surface area contributed by atoms with E-state index < -0.39 is 0 Å². The van der Waals surface area contributed by atoms with Gasteiger partial charge >= 0.3 is 0 Å². The number of aromatic nitrogens is 4. The van der Waals surface area contributed by atoms with Gasteiger partial charge in [0.2, 0.25) is 0 Å². The van der Waals surface area contributed by atoms with Crippen LogP contribution >= 0.6 is 0 Å². The molecule has 1 fully saturated rings. The van der Waals surface area contributed by atoms with Crippen LogP contribution in [0.5, 0.6) is 0 Å². The van der Waals surface area contributed by atoms with Crippen molar-refractivity contribution in [2.45, 2.75) is 12.8 Å². The molecule has 0 aromatic carbocycles. The number of nitrogens with one attached hydrogen (secondary N) is 2. The van der Waals surface area contributed by atoms with Gasteiger partial charge in [-0.15, -0.1) is 10.2 Å². The molecule has 7 heteroatoms. The topological polar surface area (TPSA) is 79.0 Å². The molecule has 1 saturated heterocycles. The smallest absolute Gasteiger partial charge is 0.151 e. The largest absolute Gasteiger partial charge is 0.383 e. The van der Waals surface area contributed by atoms with E-state index in [1.165, 1.54) is 12.8 Å². The predicted molar refractivity (Wildman–Crippen MR) is 98.9 cm³/mol. The van der Waals surface area contributed by atoms with E-state index >= 15 is 0 Å². The Morgan fingerprint density at radius 3 is 2.84 bits per heavy atom. The predicted octanol–water partition coefficient (Wildman–Crippen LogP) is 2.68. The molecule has 0 saturated carbocycles. The van der Waals surface area contributed by atoms with Crippen molar-refractivity contribution < 1.29 is 4.74 Å². The van der Waals surface area contributed by atoms with Gasteiger partial charge in [0, 0.05) is 43.9 Å². The minimum Gasteiger partial charge on any atom is -0.383 e. The molecule has 0 amide bonds. The number of H-pyrrole nitrogens is 1. The zero-order chi connectivity index (χ0) is 17.1. The van der Waals surface area contributed by atoms with Crippen LogP contribution in [0.4, 0.5) is 11.6 Å². The fourth-order valence-electron chi connectivity index (χ4n) is 3.21. The van der Waals surface area contributed by atoms with Crippen LogP contribution in [-0.2, 0) is 4.74 Å². The lowest BCUT2D eigenvalue weighted by Gasteiger charge is -2.15. The number of pyridine rings is 1. The van der Waals surface area contributed by atoms with Crippen LogP contribution in [0.15, 0.2) is 30.5 Å². The molecule has 1 aliphatic heterocycles. The Kier molecular flexibility index (Phi) is 4.47. The maximum Gasteiger partial charge on any atom is 0.151 e. The van der Waals surface area contributed by atoms with Gasteiger partial charge in [-0.2, -0.15) is 0 Å². The molecule has 3 aromatic rings. The fourth-order valence-corrected chi connectivity index (χ4v) is 3.21. The van der Waals surface area contributed by atoms with Gasteiger partial charge in [0.05, 0.1) is 12.3 Å². The zero-order valence-corrected chi connectivity index (χ0v) is 14.3. The summed E-state index contributed by atoms with van der Waals surface area (Å²) >= 11 is 0. The molecular formula is C18H22N6O. The van der Waals surface area contributed by atoms with Crippen LogP contribution in [0, 0.1) is 0 Å². The van der Waals surface area contributed by atoms with E-state index in [1.807, 2.05) is 24.4 Å². The van der Waals surface area contributed by atoms with Crippen molar-refractivity contribution in [2.75, 3.05) is 43.6 Å². The van der Waals surface area contributed by atoms with Crippen LogP contribution in [-0.4, -0.2) is 53.5 Å². The Bertz CT molecular complexity index is 838. The fraction of sp³-hybridized carbons (Fsp3) is 0.389. The number of nitrogens with zero attached hydrogens (tertiary/aromatic N) is 4. The number of ether oxygens (including phenoxy) is 1. The maximum absolute atomic E-state index is 5.09. The Labute approximate surface area is 146 Å². The summed E-state index contributed by atoms with van der Waals surface area (Å²) in [6.07, 6.45) is 4.36. The third kappa shape index (κ3) is 3.28. The van der Waals surface area contributed by atoms with Gasteiger partial charge in [0.1, 0.15) is 11.5 Å². The highest BCUT2D eigenvalue weighted by Gasteiger charge is 2.15. The van der Waals surface area contributed by atoms with Crippen molar-refractivity contribution >= 4 is 22.7 Å². The van der Waals surface area contributed by atoms with Crippen molar-refractivity contribution in [3.63, 3.8) is 0 Å². The molecule has 4 rings (SSSR count). The van der Waals surface area contributed by atoms with Crippen molar-refractivity contribution in [1.82, 2.24) is 20.2 Å². The number of hydrogen-bond donors (Lipinski definition) is 2. The first-order chi connectivity index (χ1) is 12.3. The molecule has 0 spiro atoms. The minimum atomic E-state index is 0.629. The van der Waals surface area contributed by atoms with Crippen molar-refractivity contribution in [2.24, 2.45) is 0 Å². The molecule has 1 aliphatic rings. The second-order valence-corrected chi connectivity index (χ2v) is 6.19. The molecule has 0 bridgehead atoms. The summed E-state index contributed by atoms with van der Waals surface area (Å²) in [5.74, 6) is 1.76. The standard InChI is InChI=1S/C18H22N6O/c1-25-11-8-19-16-12-14(13-6-7-20-18(13)21-16)15-4-5-17(23-22-15)24-9-2-3-10-24/h4-7,12H,2-3,8-11H2,1H3,(H2,19,20,21). The summed E-state index contributed by atoms with van der Waals surface area (Å²) in [5.41, 5.74) is 2.71. The first-order valence-electron chi connectivity index (χ1n) is 8.65. The van der Waals surface area contributed by atoms with E-state index in [1.54, 1.807) is 7.11 Å². The number of rotatable bonds is 6. The average molecular weight is 338 g/mol. The van der Waals surface area contributed by atoms with Crippen LogP contribution in [0.3, 0.4) is 0 Å². The minimum absolute atomic E-state index is 0.629. The third-order valence-electron chi connectivity index (χ3n) is 4.50. The van der Waals surface area contributed by atoms with Crippen LogP contribution in [0.2, 0.25) is 0 Å². The van der Waals surface area contributed by atoms with E-state index in [0.29, 0.717) is 13.2 Å². The molecule has 3 aromatic heterocycles. The normalized spacial score (nSPS) is 14.4. The second kappa shape index (κ2) is 7.06. The number of fused-ring (bicyclic) bond motifs is 1. The molecule has 130 valence electrons. The van der Waals surface area contributed by atoms with Gasteiger partial charge in [0.15, 0.2) is 5.82 Å². The molecule has 0 atom stereocenters. The molecule has 4 heterocycles. The van der Waals surface area contributed by atoms with Gasteiger partial charge in [-0.05, 0) is 37.1 Å². The SMILES string of the molecule is COCCNc1cc(-c2ccc(N3CCCC3)nn2)c2cc[nH]c2n1. The molecule has 0 aliphatic carbocycles. The summed E-state index contributed by atoms with van der Waals surface area (Å²) in [7, 11) is 1.69. The van der Waals surface area contributed by atoms with E-state index in [4.69, 9.17) is 4.74 Å².